The summed E-state index contributed by atoms with van der Waals surface area (Å²) in [6.07, 6.45) is 3.06. The predicted octanol–water partition coefficient (Wildman–Crippen LogP) is 0.688. The second kappa shape index (κ2) is 4.69. The largest absolute Gasteiger partial charge is 0.466 e. The van der Waals surface area contributed by atoms with Gasteiger partial charge in [0.2, 0.25) is 0 Å². The third-order valence-electron chi connectivity index (χ3n) is 1.73. The number of rotatable bonds is 5. The first-order valence-electron chi connectivity index (χ1n) is 4.36. The molecule has 0 unspecified atom stereocenters. The van der Waals surface area contributed by atoms with E-state index in [1.165, 1.54) is 4.85 Å². The molecule has 0 N–H and O–H groups in total. The highest BCUT2D eigenvalue weighted by Gasteiger charge is 2.09. The Hall–Kier alpha value is -1.26. The topological polar surface area (TPSA) is 49.2 Å². The number of ether oxygens (including phenoxy) is 1. The summed E-state index contributed by atoms with van der Waals surface area (Å²) in [4.78, 5) is 10.5. The van der Waals surface area contributed by atoms with Crippen molar-refractivity contribution in [3.8, 4) is 6.01 Å². The number of nitrogens with zero attached hydrogens (tertiary/aromatic N) is 3. The normalized spacial score (nSPS) is 10.1. The molecule has 0 amide bonds. The minimum absolute atomic E-state index is 0.355. The fraction of sp³-hybridized carbons (Fsp3) is 0.750. The molecule has 0 fully saturated rings. The Labute approximate surface area is 77.6 Å². The Morgan fingerprint density at radius 1 is 1.38 bits per heavy atom. The van der Waals surface area contributed by atoms with E-state index in [0.717, 1.165) is 25.1 Å². The fourth-order valence-electron chi connectivity index (χ4n) is 1.03. The van der Waals surface area contributed by atoms with Crippen LogP contribution in [-0.4, -0.2) is 29.1 Å². The van der Waals surface area contributed by atoms with E-state index < -0.39 is 0 Å². The fourth-order valence-corrected chi connectivity index (χ4v) is 1.03. The molecule has 5 nitrogen and oxygen atoms in total. The van der Waals surface area contributed by atoms with Crippen LogP contribution in [0, 0.1) is 0 Å². The van der Waals surface area contributed by atoms with Crippen molar-refractivity contribution in [2.75, 3.05) is 14.2 Å². The van der Waals surface area contributed by atoms with Gasteiger partial charge >= 0.3 is 6.01 Å². The molecule has 13 heavy (non-hydrogen) atoms. The monoisotopic (exact) mass is 185 g/mol. The number of hydrogen-bond acceptors (Lipinski definition) is 4. The van der Waals surface area contributed by atoms with Crippen LogP contribution in [0.3, 0.4) is 0 Å². The second-order valence-corrected chi connectivity index (χ2v) is 2.67. The molecule has 74 valence electrons. The smallest absolute Gasteiger partial charge is 0.338 e. The molecule has 1 heterocycles. The molecule has 1 rings (SSSR count). The zero-order valence-corrected chi connectivity index (χ0v) is 8.28. The van der Waals surface area contributed by atoms with E-state index >= 15 is 0 Å². The molecule has 0 spiro atoms. The summed E-state index contributed by atoms with van der Waals surface area (Å²) in [5, 5.41) is 3.96. The molecular weight excluding hydrogens is 170 g/mol. The van der Waals surface area contributed by atoms with E-state index in [0.29, 0.717) is 6.01 Å². The molecule has 0 bridgehead atoms. The van der Waals surface area contributed by atoms with Crippen LogP contribution in [0.15, 0.2) is 0 Å². The number of unbranched alkanes of at least 4 members (excludes halogenated alkanes) is 1. The van der Waals surface area contributed by atoms with Gasteiger partial charge in [0, 0.05) is 6.42 Å². The van der Waals surface area contributed by atoms with Gasteiger partial charge in [-0.05, 0) is 6.42 Å². The van der Waals surface area contributed by atoms with Crippen LogP contribution in [0.4, 0.5) is 0 Å². The highest BCUT2D eigenvalue weighted by molar-refractivity contribution is 4.96. The molecule has 0 atom stereocenters. The van der Waals surface area contributed by atoms with Gasteiger partial charge in [-0.1, -0.05) is 23.3 Å². The Balaban J connectivity index is 2.71. The van der Waals surface area contributed by atoms with E-state index in [1.54, 1.807) is 14.2 Å². The van der Waals surface area contributed by atoms with Crippen molar-refractivity contribution in [3.63, 3.8) is 0 Å². The van der Waals surface area contributed by atoms with Crippen molar-refractivity contribution in [2.45, 2.75) is 26.2 Å². The molecule has 0 saturated heterocycles. The van der Waals surface area contributed by atoms with Crippen LogP contribution in [0.2, 0.25) is 0 Å². The van der Waals surface area contributed by atoms with Gasteiger partial charge in [0.15, 0.2) is 5.82 Å². The van der Waals surface area contributed by atoms with Crippen LogP contribution in [0.25, 0.3) is 0 Å². The Morgan fingerprint density at radius 3 is 2.69 bits per heavy atom. The summed E-state index contributed by atoms with van der Waals surface area (Å²) < 4.78 is 4.89. The number of hydrogen-bond donors (Lipinski definition) is 0. The van der Waals surface area contributed by atoms with Gasteiger partial charge in [0.05, 0.1) is 7.11 Å². The lowest BCUT2D eigenvalue weighted by Gasteiger charge is -2.00. The van der Waals surface area contributed by atoms with E-state index in [-0.39, 0.29) is 0 Å². The van der Waals surface area contributed by atoms with Gasteiger partial charge < -0.3 is 9.57 Å². The molecule has 0 aliphatic carbocycles. The Bertz CT molecular complexity index is 260. The maximum atomic E-state index is 4.99. The SMILES string of the molecule is CCCCc1nc(OC)nn1OC. The zero-order chi connectivity index (χ0) is 9.68. The van der Waals surface area contributed by atoms with E-state index in [1.807, 2.05) is 0 Å². The van der Waals surface area contributed by atoms with E-state index in [2.05, 4.69) is 17.0 Å². The van der Waals surface area contributed by atoms with Crippen LogP contribution in [0.1, 0.15) is 25.6 Å². The van der Waals surface area contributed by atoms with Crippen molar-refractivity contribution in [1.29, 1.82) is 0 Å². The van der Waals surface area contributed by atoms with Gasteiger partial charge in [0.1, 0.15) is 7.11 Å². The summed E-state index contributed by atoms with van der Waals surface area (Å²) in [7, 11) is 3.10. The average Bonchev–Trinajstić information content (AvgIpc) is 2.57. The summed E-state index contributed by atoms with van der Waals surface area (Å²) in [6, 6.07) is 0.355. The molecule has 1 aromatic heterocycles. The minimum Gasteiger partial charge on any atom is -0.466 e. The van der Waals surface area contributed by atoms with E-state index in [4.69, 9.17) is 9.57 Å². The van der Waals surface area contributed by atoms with Gasteiger partial charge in [0.25, 0.3) is 0 Å². The first-order valence-corrected chi connectivity index (χ1v) is 4.36. The number of aromatic nitrogens is 3. The second-order valence-electron chi connectivity index (χ2n) is 2.67. The third-order valence-corrected chi connectivity index (χ3v) is 1.73. The Kier molecular flexibility index (Phi) is 3.54. The Morgan fingerprint density at radius 2 is 2.15 bits per heavy atom. The molecule has 1 aromatic rings. The predicted molar refractivity (Wildman–Crippen MR) is 47.7 cm³/mol. The summed E-state index contributed by atoms with van der Waals surface area (Å²) in [5.74, 6) is 0.807. The molecule has 5 heteroatoms. The summed E-state index contributed by atoms with van der Waals surface area (Å²) >= 11 is 0. The molecule has 0 radical (unpaired) electrons. The maximum Gasteiger partial charge on any atom is 0.338 e. The lowest BCUT2D eigenvalue weighted by atomic mass is 10.2. The standard InChI is InChI=1S/C8H15N3O2/c1-4-5-6-7-9-8(12-2)10-11(7)13-3/h4-6H2,1-3H3. The lowest BCUT2D eigenvalue weighted by molar-refractivity contribution is 0.121. The molecule has 0 aliphatic rings. The number of methoxy groups -OCH3 is 1. The summed E-state index contributed by atoms with van der Waals surface area (Å²) in [6.45, 7) is 2.13. The molecule has 0 aromatic carbocycles. The first kappa shape index (κ1) is 9.83. The van der Waals surface area contributed by atoms with E-state index in [9.17, 15) is 0 Å². The molecule has 0 saturated carbocycles. The van der Waals surface area contributed by atoms with Crippen molar-refractivity contribution in [1.82, 2.24) is 14.9 Å². The maximum absolute atomic E-state index is 4.99. The highest BCUT2D eigenvalue weighted by Crippen LogP contribution is 2.06. The van der Waals surface area contributed by atoms with Crippen molar-refractivity contribution in [3.05, 3.63) is 5.82 Å². The molecule has 0 aliphatic heterocycles. The third kappa shape index (κ3) is 2.34. The average molecular weight is 185 g/mol. The zero-order valence-electron chi connectivity index (χ0n) is 8.28. The highest BCUT2D eigenvalue weighted by atomic mass is 16.7. The quantitative estimate of drug-likeness (QED) is 0.677. The van der Waals surface area contributed by atoms with Crippen molar-refractivity contribution >= 4 is 0 Å². The first-order chi connectivity index (χ1) is 6.31. The summed E-state index contributed by atoms with van der Waals surface area (Å²) in [5.41, 5.74) is 0. The van der Waals surface area contributed by atoms with Gasteiger partial charge in [-0.2, -0.15) is 4.98 Å². The van der Waals surface area contributed by atoms with Gasteiger partial charge in [-0.25, -0.2) is 0 Å². The van der Waals surface area contributed by atoms with Gasteiger partial charge in [-0.15, -0.1) is 0 Å². The molecular formula is C8H15N3O2. The van der Waals surface area contributed by atoms with Crippen LogP contribution >= 0.6 is 0 Å². The van der Waals surface area contributed by atoms with Crippen molar-refractivity contribution in [2.24, 2.45) is 0 Å². The minimum atomic E-state index is 0.355. The van der Waals surface area contributed by atoms with Crippen LogP contribution < -0.4 is 9.57 Å². The van der Waals surface area contributed by atoms with Gasteiger partial charge in [-0.3, -0.25) is 0 Å². The van der Waals surface area contributed by atoms with Crippen molar-refractivity contribution < 1.29 is 9.57 Å². The number of aryl methyl sites for hydroxylation is 1. The van der Waals surface area contributed by atoms with Crippen LogP contribution in [-0.2, 0) is 6.42 Å². The lowest BCUT2D eigenvalue weighted by Crippen LogP contribution is -2.12. The van der Waals surface area contributed by atoms with Crippen LogP contribution in [0.5, 0.6) is 6.01 Å².